The number of benzene rings is 1. The number of carbonyl (C=O) groups excluding carboxylic acids is 2. The van der Waals surface area contributed by atoms with Crippen molar-refractivity contribution in [2.45, 2.75) is 31.4 Å². The van der Waals surface area contributed by atoms with Gasteiger partial charge in [-0.25, -0.2) is 9.18 Å². The zero-order valence-electron chi connectivity index (χ0n) is 16.0. The predicted octanol–water partition coefficient (Wildman–Crippen LogP) is 2.90. The number of hydrogen-bond acceptors (Lipinski definition) is 4. The number of urea groups is 1. The summed E-state index contributed by atoms with van der Waals surface area (Å²) in [6.07, 6.45) is 5.22. The van der Waals surface area contributed by atoms with Crippen molar-refractivity contribution in [3.63, 3.8) is 0 Å². The predicted molar refractivity (Wildman–Crippen MR) is 105 cm³/mol. The van der Waals surface area contributed by atoms with Gasteiger partial charge in [0.25, 0.3) is 0 Å². The van der Waals surface area contributed by atoms with Gasteiger partial charge in [0, 0.05) is 25.7 Å². The van der Waals surface area contributed by atoms with Gasteiger partial charge in [-0.1, -0.05) is 12.1 Å². The summed E-state index contributed by atoms with van der Waals surface area (Å²) < 4.78 is 19.9. The van der Waals surface area contributed by atoms with Crippen LogP contribution in [0.3, 0.4) is 0 Å². The van der Waals surface area contributed by atoms with E-state index < -0.39 is 17.9 Å². The van der Waals surface area contributed by atoms with Crippen molar-refractivity contribution >= 4 is 17.6 Å². The van der Waals surface area contributed by atoms with Crippen LogP contribution in [0, 0.1) is 5.82 Å². The average Bonchev–Trinajstić information content (AvgIpc) is 3.40. The molecule has 4 rings (SSSR count). The van der Waals surface area contributed by atoms with Gasteiger partial charge < -0.3 is 19.9 Å². The van der Waals surface area contributed by atoms with E-state index >= 15 is 0 Å². The van der Waals surface area contributed by atoms with Crippen molar-refractivity contribution in [1.82, 2.24) is 14.8 Å². The van der Waals surface area contributed by atoms with Crippen LogP contribution in [0.25, 0.3) is 0 Å². The molecule has 0 radical (unpaired) electrons. The van der Waals surface area contributed by atoms with Gasteiger partial charge >= 0.3 is 6.03 Å². The summed E-state index contributed by atoms with van der Waals surface area (Å²) in [6.45, 7) is 1.64. The van der Waals surface area contributed by atoms with Crippen LogP contribution in [0.5, 0.6) is 5.75 Å². The second-order valence-electron chi connectivity index (χ2n) is 7.27. The summed E-state index contributed by atoms with van der Waals surface area (Å²) in [4.78, 5) is 33.2. The van der Waals surface area contributed by atoms with Crippen LogP contribution in [0.4, 0.5) is 14.9 Å². The van der Waals surface area contributed by atoms with Gasteiger partial charge in [0.1, 0.15) is 23.7 Å². The minimum atomic E-state index is -0.637. The number of amides is 3. The monoisotopic (exact) mass is 398 g/mol. The fourth-order valence-corrected chi connectivity index (χ4v) is 3.85. The molecular weight excluding hydrogens is 375 g/mol. The number of rotatable bonds is 4. The lowest BCUT2D eigenvalue weighted by Crippen LogP contribution is -2.48. The van der Waals surface area contributed by atoms with E-state index in [9.17, 15) is 14.0 Å². The second-order valence-corrected chi connectivity index (χ2v) is 7.27. The van der Waals surface area contributed by atoms with E-state index in [1.165, 1.54) is 17.0 Å². The van der Waals surface area contributed by atoms with Crippen molar-refractivity contribution in [2.75, 3.05) is 25.0 Å². The Morgan fingerprint density at radius 2 is 1.93 bits per heavy atom. The molecule has 0 unspecified atom stereocenters. The molecule has 0 saturated carbocycles. The first kappa shape index (κ1) is 19.2. The third-order valence-electron chi connectivity index (χ3n) is 5.28. The number of halogens is 1. The first-order chi connectivity index (χ1) is 14.1. The van der Waals surface area contributed by atoms with Crippen LogP contribution in [0.2, 0.25) is 0 Å². The van der Waals surface area contributed by atoms with E-state index in [-0.39, 0.29) is 24.2 Å². The smallest absolute Gasteiger partial charge is 0.322 e. The molecule has 0 bridgehead atoms. The third-order valence-corrected chi connectivity index (χ3v) is 5.28. The maximum atomic E-state index is 14.0. The summed E-state index contributed by atoms with van der Waals surface area (Å²) in [5.41, 5.74) is 0.0847. The third kappa shape index (κ3) is 4.31. The van der Waals surface area contributed by atoms with Crippen LogP contribution in [0.15, 0.2) is 48.8 Å². The maximum Gasteiger partial charge on any atom is 0.322 e. The molecule has 2 fully saturated rings. The molecule has 1 aromatic heterocycles. The Kier molecular flexibility index (Phi) is 5.59. The van der Waals surface area contributed by atoms with Crippen molar-refractivity contribution in [3.8, 4) is 5.75 Å². The Hall–Kier alpha value is -3.16. The van der Waals surface area contributed by atoms with Crippen LogP contribution in [-0.4, -0.2) is 58.5 Å². The molecule has 0 aliphatic carbocycles. The normalized spacial score (nSPS) is 21.3. The average molecular weight is 398 g/mol. The Balaban J connectivity index is 1.51. The molecule has 152 valence electrons. The minimum absolute atomic E-state index is 0.0801. The number of likely N-dealkylation sites (tertiary alicyclic amines) is 2. The van der Waals surface area contributed by atoms with Crippen molar-refractivity contribution in [3.05, 3.63) is 54.6 Å². The molecule has 29 heavy (non-hydrogen) atoms. The van der Waals surface area contributed by atoms with Gasteiger partial charge in [0.15, 0.2) is 0 Å². The lowest BCUT2D eigenvalue weighted by atomic mass is 10.1. The molecule has 2 aromatic rings. The number of aromatic nitrogens is 1. The largest absolute Gasteiger partial charge is 0.487 e. The Morgan fingerprint density at radius 3 is 2.66 bits per heavy atom. The maximum absolute atomic E-state index is 14.0. The van der Waals surface area contributed by atoms with Gasteiger partial charge in [-0.05, 0) is 37.1 Å². The Labute approximate surface area is 168 Å². The van der Waals surface area contributed by atoms with E-state index in [1.54, 1.807) is 41.6 Å². The van der Waals surface area contributed by atoms with Gasteiger partial charge in [0.2, 0.25) is 5.91 Å². The molecule has 2 aliphatic rings. The van der Waals surface area contributed by atoms with E-state index in [0.717, 1.165) is 12.8 Å². The Bertz CT molecular complexity index is 873. The van der Waals surface area contributed by atoms with E-state index in [1.807, 2.05) is 0 Å². The lowest BCUT2D eigenvalue weighted by molar-refractivity contribution is -0.134. The number of carbonyl (C=O) groups is 2. The fourth-order valence-electron chi connectivity index (χ4n) is 3.85. The highest BCUT2D eigenvalue weighted by molar-refractivity contribution is 5.94. The number of anilines is 1. The van der Waals surface area contributed by atoms with Gasteiger partial charge in [-0.3, -0.25) is 9.78 Å². The molecule has 8 heteroatoms. The molecule has 0 spiro atoms. The van der Waals surface area contributed by atoms with E-state index in [4.69, 9.17) is 4.74 Å². The quantitative estimate of drug-likeness (QED) is 0.859. The highest BCUT2D eigenvalue weighted by Gasteiger charge is 2.43. The highest BCUT2D eigenvalue weighted by atomic mass is 19.1. The molecule has 1 N–H and O–H groups in total. The van der Waals surface area contributed by atoms with E-state index in [0.29, 0.717) is 25.3 Å². The van der Waals surface area contributed by atoms with Crippen LogP contribution < -0.4 is 10.1 Å². The summed E-state index contributed by atoms with van der Waals surface area (Å²) in [6, 6.07) is 8.37. The minimum Gasteiger partial charge on any atom is -0.487 e. The number of hydrogen-bond donors (Lipinski definition) is 1. The molecule has 2 saturated heterocycles. The van der Waals surface area contributed by atoms with Crippen LogP contribution >= 0.6 is 0 Å². The molecule has 3 heterocycles. The second kappa shape index (κ2) is 8.46. The fraction of sp³-hybridized carbons (Fsp3) is 0.381. The van der Waals surface area contributed by atoms with Gasteiger partial charge in [-0.15, -0.1) is 0 Å². The highest BCUT2D eigenvalue weighted by Crippen LogP contribution is 2.26. The number of pyridine rings is 1. The Morgan fingerprint density at radius 1 is 1.14 bits per heavy atom. The first-order valence-electron chi connectivity index (χ1n) is 9.79. The zero-order chi connectivity index (χ0) is 20.2. The summed E-state index contributed by atoms with van der Waals surface area (Å²) in [5.74, 6) is -0.0182. The molecular formula is C21H23FN4O3. The zero-order valence-corrected chi connectivity index (χ0v) is 16.0. The van der Waals surface area contributed by atoms with Crippen molar-refractivity contribution < 1.29 is 18.7 Å². The number of nitrogens with one attached hydrogen (secondary N) is 1. The lowest BCUT2D eigenvalue weighted by Gasteiger charge is -2.27. The topological polar surface area (TPSA) is 74.8 Å². The van der Waals surface area contributed by atoms with Gasteiger partial charge in [0.05, 0.1) is 18.4 Å². The molecule has 3 amide bonds. The first-order valence-corrected chi connectivity index (χ1v) is 9.79. The summed E-state index contributed by atoms with van der Waals surface area (Å²) in [7, 11) is 0. The van der Waals surface area contributed by atoms with Gasteiger partial charge in [-0.2, -0.15) is 0 Å². The number of nitrogens with zero attached hydrogens (tertiary/aromatic N) is 3. The number of ether oxygens (including phenoxy) is 1. The number of para-hydroxylation sites is 1. The standard InChI is InChI=1S/C21H23FN4O3/c22-17-7-1-2-8-18(17)24-21(28)26-14-16(29-15-6-5-9-23-13-15)12-19(26)20(27)25-10-3-4-11-25/h1-2,5-9,13,16,19H,3-4,10-12,14H2,(H,24,28)/t16-,19-/m0/s1. The SMILES string of the molecule is O=C([C@@H]1C[C@H](Oc2cccnc2)CN1C(=O)Nc1ccccc1F)N1CCCC1. The van der Waals surface area contributed by atoms with Crippen LogP contribution in [-0.2, 0) is 4.79 Å². The molecule has 7 nitrogen and oxygen atoms in total. The van der Waals surface area contributed by atoms with E-state index in [2.05, 4.69) is 10.3 Å². The van der Waals surface area contributed by atoms with Crippen molar-refractivity contribution in [1.29, 1.82) is 0 Å². The molecule has 1 aromatic carbocycles. The molecule has 2 atom stereocenters. The van der Waals surface area contributed by atoms with Crippen LogP contribution in [0.1, 0.15) is 19.3 Å². The van der Waals surface area contributed by atoms with Crippen molar-refractivity contribution in [2.24, 2.45) is 0 Å². The summed E-state index contributed by atoms with van der Waals surface area (Å²) in [5, 5.41) is 2.59. The molecule has 2 aliphatic heterocycles. The summed E-state index contributed by atoms with van der Waals surface area (Å²) >= 11 is 0.